The smallest absolute Gasteiger partial charge is 0.338 e. The van der Waals surface area contributed by atoms with Crippen LogP contribution in [0.2, 0.25) is 5.02 Å². The maximum atomic E-state index is 12.8. The van der Waals surface area contributed by atoms with Gasteiger partial charge >= 0.3 is 5.97 Å². The summed E-state index contributed by atoms with van der Waals surface area (Å²) in [5.74, 6) is -1.69. The molecule has 2 saturated heterocycles. The van der Waals surface area contributed by atoms with Crippen LogP contribution in [0.25, 0.3) is 0 Å². The summed E-state index contributed by atoms with van der Waals surface area (Å²) in [6, 6.07) is 3.16. The Labute approximate surface area is 179 Å². The van der Waals surface area contributed by atoms with E-state index >= 15 is 0 Å². The molecule has 1 aromatic rings. The zero-order chi connectivity index (χ0) is 21.9. The van der Waals surface area contributed by atoms with Crippen LogP contribution in [-0.4, -0.2) is 83.5 Å². The Morgan fingerprint density at radius 1 is 1.27 bits per heavy atom. The molecular weight excluding hydrogens is 460 g/mol. The van der Waals surface area contributed by atoms with Crippen LogP contribution in [0.1, 0.15) is 16.8 Å². The third-order valence-corrected chi connectivity index (χ3v) is 8.83. The first-order valence-electron chi connectivity index (χ1n) is 9.13. The Morgan fingerprint density at radius 3 is 2.60 bits per heavy atom. The SMILES string of the molecule is O=C(COC(=O)c1ccc(Cl)c(S(=O)(=O)N2CCOCC2)c1)NC1CCS(=O)(=O)C1. The Kier molecular flexibility index (Phi) is 7.02. The summed E-state index contributed by atoms with van der Waals surface area (Å²) in [6.07, 6.45) is 0.308. The highest BCUT2D eigenvalue weighted by atomic mass is 35.5. The molecule has 13 heteroatoms. The van der Waals surface area contributed by atoms with E-state index in [0.717, 1.165) is 6.07 Å². The molecular formula is C17H21ClN2O8S2. The summed E-state index contributed by atoms with van der Waals surface area (Å²) < 4.78 is 59.8. The molecule has 0 aromatic heterocycles. The Hall–Kier alpha value is -1.73. The highest BCUT2D eigenvalue weighted by Gasteiger charge is 2.30. The number of hydrogen-bond donors (Lipinski definition) is 1. The highest BCUT2D eigenvalue weighted by molar-refractivity contribution is 7.91. The molecule has 30 heavy (non-hydrogen) atoms. The summed E-state index contributed by atoms with van der Waals surface area (Å²) in [5.41, 5.74) is -0.0810. The molecule has 0 radical (unpaired) electrons. The van der Waals surface area contributed by atoms with Gasteiger partial charge < -0.3 is 14.8 Å². The van der Waals surface area contributed by atoms with Gasteiger partial charge in [-0.05, 0) is 24.6 Å². The van der Waals surface area contributed by atoms with Crippen molar-refractivity contribution in [2.75, 3.05) is 44.4 Å². The topological polar surface area (TPSA) is 136 Å². The molecule has 10 nitrogen and oxygen atoms in total. The number of sulfone groups is 1. The van der Waals surface area contributed by atoms with E-state index in [1.807, 2.05) is 0 Å². The van der Waals surface area contributed by atoms with Crippen molar-refractivity contribution in [2.45, 2.75) is 17.4 Å². The van der Waals surface area contributed by atoms with E-state index in [1.54, 1.807) is 0 Å². The number of rotatable bonds is 6. The minimum atomic E-state index is -3.93. The summed E-state index contributed by atoms with van der Waals surface area (Å²) in [4.78, 5) is 24.0. The molecule has 0 bridgehead atoms. The van der Waals surface area contributed by atoms with Gasteiger partial charge in [0.25, 0.3) is 5.91 Å². The van der Waals surface area contributed by atoms with E-state index < -0.39 is 44.4 Å². The molecule has 2 heterocycles. The molecule has 1 N–H and O–H groups in total. The van der Waals surface area contributed by atoms with Crippen molar-refractivity contribution in [1.29, 1.82) is 0 Å². The number of sulfonamides is 1. The number of hydrogen-bond acceptors (Lipinski definition) is 8. The van der Waals surface area contributed by atoms with Crippen molar-refractivity contribution in [3.8, 4) is 0 Å². The normalized spacial score (nSPS) is 21.8. The fraction of sp³-hybridized carbons (Fsp3) is 0.529. The Bertz CT molecular complexity index is 1040. The first-order chi connectivity index (χ1) is 14.1. The first kappa shape index (κ1) is 22.9. The van der Waals surface area contributed by atoms with Gasteiger partial charge in [0.2, 0.25) is 10.0 Å². The Morgan fingerprint density at radius 2 is 1.97 bits per heavy atom. The quantitative estimate of drug-likeness (QED) is 0.554. The van der Waals surface area contributed by atoms with Gasteiger partial charge in [-0.15, -0.1) is 0 Å². The number of benzene rings is 1. The number of morpholine rings is 1. The fourth-order valence-corrected chi connectivity index (χ4v) is 6.73. The highest BCUT2D eigenvalue weighted by Crippen LogP contribution is 2.26. The molecule has 1 amide bonds. The molecule has 2 aliphatic heterocycles. The molecule has 1 unspecified atom stereocenters. The second-order valence-corrected chi connectivity index (χ2v) is 11.4. The number of carbonyl (C=O) groups excluding carboxylic acids is 2. The summed E-state index contributed by atoms with van der Waals surface area (Å²) in [6.45, 7) is 0.240. The van der Waals surface area contributed by atoms with Crippen molar-refractivity contribution < 1.29 is 35.9 Å². The minimum Gasteiger partial charge on any atom is -0.452 e. The van der Waals surface area contributed by atoms with Gasteiger partial charge in [-0.2, -0.15) is 4.31 Å². The van der Waals surface area contributed by atoms with E-state index in [4.69, 9.17) is 21.1 Å². The van der Waals surface area contributed by atoms with E-state index in [0.29, 0.717) is 6.42 Å². The maximum absolute atomic E-state index is 12.8. The maximum Gasteiger partial charge on any atom is 0.338 e. The number of nitrogens with one attached hydrogen (secondary N) is 1. The predicted molar refractivity (Wildman–Crippen MR) is 107 cm³/mol. The van der Waals surface area contributed by atoms with Crippen LogP contribution in [0.5, 0.6) is 0 Å². The number of ether oxygens (including phenoxy) is 2. The van der Waals surface area contributed by atoms with Crippen LogP contribution in [0.4, 0.5) is 0 Å². The molecule has 0 spiro atoms. The van der Waals surface area contributed by atoms with E-state index in [9.17, 15) is 26.4 Å². The van der Waals surface area contributed by atoms with Crippen molar-refractivity contribution in [3.63, 3.8) is 0 Å². The van der Waals surface area contributed by atoms with Gasteiger partial charge in [-0.1, -0.05) is 11.6 Å². The standard InChI is InChI=1S/C17H21ClN2O8S2/c18-14-2-1-12(9-15(14)30(25,26)20-4-6-27-7-5-20)17(22)28-10-16(21)19-13-3-8-29(23,24)11-13/h1-2,9,13H,3-8,10-11H2,(H,19,21). The molecule has 2 aliphatic rings. The van der Waals surface area contributed by atoms with Crippen LogP contribution < -0.4 is 5.32 Å². The molecule has 2 fully saturated rings. The molecule has 0 saturated carbocycles. The summed E-state index contributed by atoms with van der Waals surface area (Å²) in [5, 5.41) is 2.45. The number of halogens is 1. The second-order valence-electron chi connectivity index (χ2n) is 6.91. The van der Waals surface area contributed by atoms with Gasteiger partial charge in [0.05, 0.1) is 35.3 Å². The number of esters is 1. The van der Waals surface area contributed by atoms with Gasteiger partial charge in [0, 0.05) is 19.1 Å². The van der Waals surface area contributed by atoms with Crippen LogP contribution >= 0.6 is 11.6 Å². The summed E-state index contributed by atoms with van der Waals surface area (Å²) >= 11 is 6.05. The third-order valence-electron chi connectivity index (χ3n) is 4.69. The molecule has 3 rings (SSSR count). The van der Waals surface area contributed by atoms with Gasteiger partial charge in [0.1, 0.15) is 4.90 Å². The van der Waals surface area contributed by atoms with Gasteiger partial charge in [0.15, 0.2) is 16.4 Å². The zero-order valence-electron chi connectivity index (χ0n) is 15.9. The van der Waals surface area contributed by atoms with Gasteiger partial charge in [-0.3, -0.25) is 4.79 Å². The second kappa shape index (κ2) is 9.18. The van der Waals surface area contributed by atoms with Crippen LogP contribution in [0.3, 0.4) is 0 Å². The predicted octanol–water partition coefficient (Wildman–Crippen LogP) is -0.179. The number of nitrogens with zero attached hydrogens (tertiary/aromatic N) is 1. The monoisotopic (exact) mass is 480 g/mol. The third kappa shape index (κ3) is 5.49. The lowest BCUT2D eigenvalue weighted by Crippen LogP contribution is -2.40. The van der Waals surface area contributed by atoms with Crippen molar-refractivity contribution in [3.05, 3.63) is 28.8 Å². The average Bonchev–Trinajstić information content (AvgIpc) is 3.05. The van der Waals surface area contributed by atoms with Gasteiger partial charge in [-0.25, -0.2) is 21.6 Å². The first-order valence-corrected chi connectivity index (χ1v) is 12.8. The number of carbonyl (C=O) groups is 2. The van der Waals surface area contributed by atoms with Crippen LogP contribution in [0, 0.1) is 0 Å². The molecule has 1 atom stereocenters. The van der Waals surface area contributed by atoms with Crippen LogP contribution in [0.15, 0.2) is 23.1 Å². The van der Waals surface area contributed by atoms with E-state index in [-0.39, 0.29) is 53.3 Å². The Balaban J connectivity index is 1.64. The number of amides is 1. The lowest BCUT2D eigenvalue weighted by molar-refractivity contribution is -0.124. The minimum absolute atomic E-state index is 0.00288. The molecule has 1 aromatic carbocycles. The summed E-state index contributed by atoms with van der Waals surface area (Å²) in [7, 11) is -7.08. The lowest BCUT2D eigenvalue weighted by Gasteiger charge is -2.26. The molecule has 166 valence electrons. The zero-order valence-corrected chi connectivity index (χ0v) is 18.3. The van der Waals surface area contributed by atoms with Crippen molar-refractivity contribution >= 4 is 43.3 Å². The largest absolute Gasteiger partial charge is 0.452 e. The van der Waals surface area contributed by atoms with E-state index in [2.05, 4.69) is 5.32 Å². The fourth-order valence-electron chi connectivity index (χ4n) is 3.15. The average molecular weight is 481 g/mol. The van der Waals surface area contributed by atoms with E-state index in [1.165, 1.54) is 16.4 Å². The molecule has 0 aliphatic carbocycles. The lowest BCUT2D eigenvalue weighted by atomic mass is 10.2. The van der Waals surface area contributed by atoms with Crippen LogP contribution in [-0.2, 0) is 34.1 Å². The van der Waals surface area contributed by atoms with Crippen molar-refractivity contribution in [2.24, 2.45) is 0 Å². The van der Waals surface area contributed by atoms with Crippen molar-refractivity contribution in [1.82, 2.24) is 9.62 Å².